The second-order valence-corrected chi connectivity index (χ2v) is 6.02. The molecule has 0 spiro atoms. The summed E-state index contributed by atoms with van der Waals surface area (Å²) < 4.78 is 0. The Morgan fingerprint density at radius 2 is 2.07 bits per heavy atom. The maximum Gasteiger partial charge on any atom is 0.0743 e. The van der Waals surface area contributed by atoms with Crippen molar-refractivity contribution in [2.45, 2.75) is 52.1 Å². The second-order valence-electron chi connectivity index (χ2n) is 6.02. The molecule has 1 heteroatoms. The predicted molar refractivity (Wildman–Crippen MR) is 59.0 cm³/mol. The van der Waals surface area contributed by atoms with Crippen molar-refractivity contribution in [3.63, 3.8) is 0 Å². The zero-order valence-electron chi connectivity index (χ0n) is 9.64. The summed E-state index contributed by atoms with van der Waals surface area (Å²) in [4.78, 5) is 0. The molecule has 0 aromatic heterocycles. The number of hydrogen-bond donors (Lipinski definition) is 1. The molecule has 2 saturated carbocycles. The van der Waals surface area contributed by atoms with E-state index in [9.17, 15) is 5.11 Å². The van der Waals surface area contributed by atoms with Crippen LogP contribution in [0.1, 0.15) is 46.5 Å². The number of rotatable bonds is 2. The molecule has 0 amide bonds. The van der Waals surface area contributed by atoms with Gasteiger partial charge >= 0.3 is 0 Å². The third-order valence-corrected chi connectivity index (χ3v) is 5.53. The van der Waals surface area contributed by atoms with Crippen LogP contribution in [0.3, 0.4) is 0 Å². The minimum atomic E-state index is -0.485. The van der Waals surface area contributed by atoms with E-state index >= 15 is 0 Å². The molecule has 0 aromatic carbocycles. The van der Waals surface area contributed by atoms with Crippen molar-refractivity contribution >= 4 is 0 Å². The molecular weight excluding hydrogens is 172 g/mol. The summed E-state index contributed by atoms with van der Waals surface area (Å²) in [5.74, 6) is 0.706. The SMILES string of the molecule is C=CC[C@]1(O)C[C@H]2CC[C@@]1(C)C2(C)C. The minimum absolute atomic E-state index is 0.0961. The highest BCUT2D eigenvalue weighted by atomic mass is 16.3. The fourth-order valence-corrected chi connectivity index (χ4v) is 3.97. The van der Waals surface area contributed by atoms with Gasteiger partial charge in [0.1, 0.15) is 0 Å². The largest absolute Gasteiger partial charge is 0.389 e. The van der Waals surface area contributed by atoms with Crippen molar-refractivity contribution in [1.82, 2.24) is 0 Å². The lowest BCUT2D eigenvalue weighted by Crippen LogP contribution is -2.46. The molecule has 1 nitrogen and oxygen atoms in total. The fourth-order valence-electron chi connectivity index (χ4n) is 3.97. The summed E-state index contributed by atoms with van der Waals surface area (Å²) in [7, 11) is 0. The van der Waals surface area contributed by atoms with E-state index < -0.39 is 5.60 Å². The summed E-state index contributed by atoms with van der Waals surface area (Å²) in [6.45, 7) is 10.7. The van der Waals surface area contributed by atoms with Gasteiger partial charge < -0.3 is 5.11 Å². The van der Waals surface area contributed by atoms with Gasteiger partial charge in [-0.15, -0.1) is 6.58 Å². The van der Waals surface area contributed by atoms with Crippen LogP contribution < -0.4 is 0 Å². The van der Waals surface area contributed by atoms with E-state index in [0.717, 1.165) is 12.8 Å². The van der Waals surface area contributed by atoms with Crippen molar-refractivity contribution in [2.24, 2.45) is 16.7 Å². The van der Waals surface area contributed by atoms with Crippen molar-refractivity contribution < 1.29 is 5.11 Å². The molecule has 0 radical (unpaired) electrons. The first kappa shape index (κ1) is 10.2. The lowest BCUT2D eigenvalue weighted by Gasteiger charge is -2.45. The van der Waals surface area contributed by atoms with Gasteiger partial charge in [0.25, 0.3) is 0 Å². The molecule has 80 valence electrons. The van der Waals surface area contributed by atoms with Crippen LogP contribution in [0.5, 0.6) is 0 Å². The highest BCUT2D eigenvalue weighted by Gasteiger charge is 2.67. The standard InChI is InChI=1S/C13H22O/c1-5-7-13(14)9-10-6-8-12(13,4)11(10,2)3/h5,10,14H,1,6-9H2,2-4H3/t10-,12+,13+/m1/s1. The van der Waals surface area contributed by atoms with Gasteiger partial charge in [0.05, 0.1) is 5.60 Å². The average Bonchev–Trinajstić information content (AvgIpc) is 2.36. The van der Waals surface area contributed by atoms with Crippen LogP contribution in [0.25, 0.3) is 0 Å². The molecule has 0 saturated heterocycles. The molecular formula is C13H22O. The zero-order chi connectivity index (χ0) is 10.6. The third-order valence-electron chi connectivity index (χ3n) is 5.53. The Hall–Kier alpha value is -0.300. The smallest absolute Gasteiger partial charge is 0.0743 e. The molecule has 2 bridgehead atoms. The molecule has 1 N–H and O–H groups in total. The van der Waals surface area contributed by atoms with Gasteiger partial charge in [-0.2, -0.15) is 0 Å². The predicted octanol–water partition coefficient (Wildman–Crippen LogP) is 3.14. The Bertz CT molecular complexity index is 268. The molecule has 0 aromatic rings. The van der Waals surface area contributed by atoms with Gasteiger partial charge in [0, 0.05) is 5.41 Å². The molecule has 0 unspecified atom stereocenters. The first-order valence-corrected chi connectivity index (χ1v) is 5.71. The summed E-state index contributed by atoms with van der Waals surface area (Å²) in [5.41, 5.74) is -0.0925. The van der Waals surface area contributed by atoms with E-state index in [1.165, 1.54) is 12.8 Å². The Labute approximate surface area is 87.2 Å². The minimum Gasteiger partial charge on any atom is -0.389 e. The van der Waals surface area contributed by atoms with Crippen LogP contribution in [0.4, 0.5) is 0 Å². The van der Waals surface area contributed by atoms with Gasteiger partial charge in [0.2, 0.25) is 0 Å². The topological polar surface area (TPSA) is 20.2 Å². The second kappa shape index (κ2) is 2.63. The fraction of sp³-hybridized carbons (Fsp3) is 0.846. The van der Waals surface area contributed by atoms with Crippen LogP contribution in [0.2, 0.25) is 0 Å². The van der Waals surface area contributed by atoms with Gasteiger partial charge in [-0.05, 0) is 37.0 Å². The normalized spacial score (nSPS) is 49.6. The Kier molecular flexibility index (Phi) is 1.92. The van der Waals surface area contributed by atoms with E-state index in [4.69, 9.17) is 0 Å². The van der Waals surface area contributed by atoms with Gasteiger partial charge in [-0.3, -0.25) is 0 Å². The molecule has 2 aliphatic rings. The highest BCUT2D eigenvalue weighted by molar-refractivity contribution is 5.18. The van der Waals surface area contributed by atoms with Crippen LogP contribution in [0.15, 0.2) is 12.7 Å². The van der Waals surface area contributed by atoms with E-state index in [1.807, 2.05) is 6.08 Å². The summed E-state index contributed by atoms with van der Waals surface area (Å²) >= 11 is 0. The molecule has 2 fully saturated rings. The lowest BCUT2D eigenvalue weighted by molar-refractivity contribution is -0.0866. The molecule has 0 aliphatic heterocycles. The summed E-state index contributed by atoms with van der Waals surface area (Å²) in [5, 5.41) is 10.7. The Balaban J connectivity index is 2.39. The molecule has 0 heterocycles. The molecule has 2 aliphatic carbocycles. The van der Waals surface area contributed by atoms with Crippen LogP contribution in [-0.4, -0.2) is 10.7 Å². The van der Waals surface area contributed by atoms with Crippen molar-refractivity contribution in [3.05, 3.63) is 12.7 Å². The first-order valence-electron chi connectivity index (χ1n) is 5.71. The quantitative estimate of drug-likeness (QED) is 0.670. The highest BCUT2D eigenvalue weighted by Crippen LogP contribution is 2.70. The van der Waals surface area contributed by atoms with E-state index in [1.54, 1.807) is 0 Å². The number of hydrogen-bond acceptors (Lipinski definition) is 1. The van der Waals surface area contributed by atoms with Gasteiger partial charge in [-0.1, -0.05) is 26.8 Å². The third kappa shape index (κ3) is 0.894. The van der Waals surface area contributed by atoms with Crippen molar-refractivity contribution in [1.29, 1.82) is 0 Å². The van der Waals surface area contributed by atoms with Gasteiger partial charge in [0.15, 0.2) is 0 Å². The van der Waals surface area contributed by atoms with Crippen LogP contribution >= 0.6 is 0 Å². The number of fused-ring (bicyclic) bond motifs is 2. The maximum absolute atomic E-state index is 10.7. The van der Waals surface area contributed by atoms with E-state index in [2.05, 4.69) is 27.4 Å². The first-order chi connectivity index (χ1) is 6.37. The molecule has 14 heavy (non-hydrogen) atoms. The van der Waals surface area contributed by atoms with E-state index in [0.29, 0.717) is 11.3 Å². The van der Waals surface area contributed by atoms with Crippen molar-refractivity contribution in [3.8, 4) is 0 Å². The zero-order valence-corrected chi connectivity index (χ0v) is 9.64. The lowest BCUT2D eigenvalue weighted by atomic mass is 9.63. The Morgan fingerprint density at radius 3 is 2.43 bits per heavy atom. The van der Waals surface area contributed by atoms with Crippen LogP contribution in [0, 0.1) is 16.7 Å². The molecule has 3 atom stereocenters. The summed E-state index contributed by atoms with van der Waals surface area (Å²) in [6, 6.07) is 0. The molecule has 2 rings (SSSR count). The van der Waals surface area contributed by atoms with Crippen LogP contribution in [-0.2, 0) is 0 Å². The monoisotopic (exact) mass is 194 g/mol. The van der Waals surface area contributed by atoms with Gasteiger partial charge in [-0.25, -0.2) is 0 Å². The van der Waals surface area contributed by atoms with Crippen molar-refractivity contribution in [2.75, 3.05) is 0 Å². The summed E-state index contributed by atoms with van der Waals surface area (Å²) in [6.07, 6.45) is 6.08. The average molecular weight is 194 g/mol. The van der Waals surface area contributed by atoms with E-state index in [-0.39, 0.29) is 5.41 Å². The maximum atomic E-state index is 10.7. The number of aliphatic hydroxyl groups is 1. The Morgan fingerprint density at radius 1 is 1.43 bits per heavy atom.